The molecule has 0 heterocycles. The van der Waals surface area contributed by atoms with Crippen molar-refractivity contribution in [3.8, 4) is 0 Å². The fraction of sp³-hybridized carbons (Fsp3) is 0.444. The summed E-state index contributed by atoms with van der Waals surface area (Å²) < 4.78 is 18.5. The molecule has 136 valence electrons. The zero-order chi connectivity index (χ0) is 18.4. The lowest BCUT2D eigenvalue weighted by atomic mass is 9.97. The first kappa shape index (κ1) is 19.7. The van der Waals surface area contributed by atoms with E-state index in [4.69, 9.17) is 27.9 Å². The van der Waals surface area contributed by atoms with Gasteiger partial charge in [0.05, 0.1) is 15.6 Å². The Morgan fingerprint density at radius 2 is 2.04 bits per heavy atom. The molecule has 1 aromatic carbocycles. The molecule has 0 aliphatic heterocycles. The van der Waals surface area contributed by atoms with Gasteiger partial charge in [-0.25, -0.2) is 9.18 Å². The summed E-state index contributed by atoms with van der Waals surface area (Å²) in [7, 11) is 0. The minimum Gasteiger partial charge on any atom is -0.449 e. The van der Waals surface area contributed by atoms with Crippen molar-refractivity contribution in [2.45, 2.75) is 45.1 Å². The third-order valence-corrected chi connectivity index (χ3v) is 4.62. The molecule has 1 aliphatic rings. The van der Waals surface area contributed by atoms with Crippen LogP contribution in [0.2, 0.25) is 10.0 Å². The third-order valence-electron chi connectivity index (χ3n) is 4.01. The molecular weight excluding hydrogens is 368 g/mol. The Bertz CT molecular complexity index is 691. The molecule has 0 saturated heterocycles. The number of amides is 1. The van der Waals surface area contributed by atoms with Crippen LogP contribution < -0.4 is 5.32 Å². The van der Waals surface area contributed by atoms with E-state index in [9.17, 15) is 14.0 Å². The van der Waals surface area contributed by atoms with Gasteiger partial charge in [0.25, 0.3) is 5.91 Å². The normalized spacial score (nSPS) is 15.3. The molecule has 1 aliphatic carbocycles. The van der Waals surface area contributed by atoms with E-state index in [1.165, 1.54) is 25.3 Å². The lowest BCUT2D eigenvalue weighted by Crippen LogP contribution is -2.36. The molecule has 1 atom stereocenters. The number of rotatable bonds is 6. The van der Waals surface area contributed by atoms with Gasteiger partial charge < -0.3 is 10.1 Å². The Hall–Kier alpha value is -1.59. The molecule has 2 rings (SSSR count). The summed E-state index contributed by atoms with van der Waals surface area (Å²) in [6.07, 6.45) is 6.57. The molecule has 1 aromatic rings. The Morgan fingerprint density at radius 1 is 1.28 bits per heavy atom. The average molecular weight is 388 g/mol. The van der Waals surface area contributed by atoms with Crippen LogP contribution in [-0.4, -0.2) is 24.5 Å². The van der Waals surface area contributed by atoms with Crippen molar-refractivity contribution in [1.29, 1.82) is 0 Å². The number of allylic oxidation sites excluding steroid dienone is 1. The van der Waals surface area contributed by atoms with Crippen LogP contribution in [0.1, 0.15) is 49.4 Å². The smallest absolute Gasteiger partial charge is 0.340 e. The van der Waals surface area contributed by atoms with Gasteiger partial charge in [0.1, 0.15) is 5.82 Å². The van der Waals surface area contributed by atoms with E-state index in [1.807, 2.05) is 0 Å². The van der Waals surface area contributed by atoms with E-state index in [-0.39, 0.29) is 15.6 Å². The average Bonchev–Trinajstić information content (AvgIpc) is 2.58. The van der Waals surface area contributed by atoms with Gasteiger partial charge in [0, 0.05) is 6.54 Å². The van der Waals surface area contributed by atoms with Gasteiger partial charge >= 0.3 is 5.97 Å². The molecule has 25 heavy (non-hydrogen) atoms. The maximum Gasteiger partial charge on any atom is 0.340 e. The van der Waals surface area contributed by atoms with Crippen LogP contribution in [-0.2, 0) is 9.53 Å². The summed E-state index contributed by atoms with van der Waals surface area (Å²) in [6.45, 7) is 1.94. The number of ether oxygens (including phenoxy) is 1. The summed E-state index contributed by atoms with van der Waals surface area (Å²) in [5.74, 6) is -2.07. The van der Waals surface area contributed by atoms with Crippen molar-refractivity contribution in [2.24, 2.45) is 0 Å². The molecule has 4 nitrogen and oxygen atoms in total. The Labute approximate surface area is 156 Å². The molecule has 7 heteroatoms. The number of hydrogen-bond acceptors (Lipinski definition) is 3. The van der Waals surface area contributed by atoms with Crippen LogP contribution in [0.15, 0.2) is 23.8 Å². The highest BCUT2D eigenvalue weighted by molar-refractivity contribution is 6.36. The van der Waals surface area contributed by atoms with Crippen molar-refractivity contribution >= 4 is 35.1 Å². The van der Waals surface area contributed by atoms with E-state index in [0.717, 1.165) is 31.4 Å². The number of hydrogen-bond donors (Lipinski definition) is 1. The SMILES string of the molecule is C[C@H](OC(=O)c1cc(F)c(Cl)cc1Cl)C(=O)NCCC1=CCCCC1. The minimum atomic E-state index is -1.01. The van der Waals surface area contributed by atoms with Gasteiger partial charge in [-0.3, -0.25) is 4.79 Å². The van der Waals surface area contributed by atoms with Gasteiger partial charge in [-0.15, -0.1) is 0 Å². The first-order chi connectivity index (χ1) is 11.9. The molecular formula is C18H20Cl2FNO3. The zero-order valence-electron chi connectivity index (χ0n) is 13.9. The second-order valence-electron chi connectivity index (χ2n) is 5.94. The Kier molecular flexibility index (Phi) is 7.26. The van der Waals surface area contributed by atoms with Crippen LogP contribution in [0.3, 0.4) is 0 Å². The second kappa shape index (κ2) is 9.20. The molecule has 1 amide bonds. The first-order valence-electron chi connectivity index (χ1n) is 8.19. The predicted octanol–water partition coefficient (Wildman–Crippen LogP) is 4.68. The second-order valence-corrected chi connectivity index (χ2v) is 6.76. The lowest BCUT2D eigenvalue weighted by Gasteiger charge is -2.16. The van der Waals surface area contributed by atoms with Crippen molar-refractivity contribution in [3.05, 3.63) is 45.2 Å². The molecule has 0 saturated carbocycles. The number of carbonyl (C=O) groups excluding carboxylic acids is 2. The largest absolute Gasteiger partial charge is 0.449 e. The maximum absolute atomic E-state index is 13.5. The quantitative estimate of drug-likeness (QED) is 0.437. The predicted molar refractivity (Wildman–Crippen MR) is 95.5 cm³/mol. The molecule has 0 fully saturated rings. The van der Waals surface area contributed by atoms with Crippen molar-refractivity contribution in [1.82, 2.24) is 5.32 Å². The molecule has 0 radical (unpaired) electrons. The van der Waals surface area contributed by atoms with E-state index in [0.29, 0.717) is 6.54 Å². The van der Waals surface area contributed by atoms with Gasteiger partial charge in [-0.2, -0.15) is 0 Å². The highest BCUT2D eigenvalue weighted by Gasteiger charge is 2.21. The summed E-state index contributed by atoms with van der Waals surface area (Å²) >= 11 is 11.5. The first-order valence-corrected chi connectivity index (χ1v) is 8.95. The summed E-state index contributed by atoms with van der Waals surface area (Å²) in [6, 6.07) is 2.02. The standard InChI is InChI=1S/C18H20Cl2FNO3/c1-11(17(23)22-8-7-12-5-3-2-4-6-12)25-18(24)13-9-16(21)15(20)10-14(13)19/h5,9-11H,2-4,6-8H2,1H3,(H,22,23)/t11-/m0/s1. The number of benzene rings is 1. The van der Waals surface area contributed by atoms with Crippen LogP contribution in [0.4, 0.5) is 4.39 Å². The van der Waals surface area contributed by atoms with E-state index in [1.54, 1.807) is 0 Å². The minimum absolute atomic E-state index is 0.0340. The lowest BCUT2D eigenvalue weighted by molar-refractivity contribution is -0.129. The number of carbonyl (C=O) groups is 2. The van der Waals surface area contributed by atoms with Gasteiger partial charge in [-0.1, -0.05) is 34.9 Å². The Morgan fingerprint density at radius 3 is 2.72 bits per heavy atom. The third kappa shape index (κ3) is 5.72. The number of esters is 1. The summed E-state index contributed by atoms with van der Waals surface area (Å²) in [5, 5.41) is 2.51. The molecule has 0 unspecified atom stereocenters. The van der Waals surface area contributed by atoms with Crippen molar-refractivity contribution < 1.29 is 18.7 Å². The molecule has 0 aromatic heterocycles. The fourth-order valence-corrected chi connectivity index (χ4v) is 3.04. The maximum atomic E-state index is 13.5. The van der Waals surface area contributed by atoms with Gasteiger partial charge in [0.2, 0.25) is 0 Å². The van der Waals surface area contributed by atoms with E-state index < -0.39 is 23.8 Å². The van der Waals surface area contributed by atoms with Gasteiger partial charge in [0.15, 0.2) is 6.10 Å². The van der Waals surface area contributed by atoms with Crippen LogP contribution >= 0.6 is 23.2 Å². The van der Waals surface area contributed by atoms with Crippen LogP contribution in [0.5, 0.6) is 0 Å². The number of nitrogens with one attached hydrogen (secondary N) is 1. The Balaban J connectivity index is 1.84. The molecule has 1 N–H and O–H groups in total. The van der Waals surface area contributed by atoms with Crippen molar-refractivity contribution in [3.63, 3.8) is 0 Å². The van der Waals surface area contributed by atoms with Crippen LogP contribution in [0.25, 0.3) is 0 Å². The van der Waals surface area contributed by atoms with Gasteiger partial charge in [-0.05, 0) is 51.2 Å². The number of halogens is 3. The highest BCUT2D eigenvalue weighted by Crippen LogP contribution is 2.25. The summed E-state index contributed by atoms with van der Waals surface area (Å²) in [5.41, 5.74) is 1.18. The topological polar surface area (TPSA) is 55.4 Å². The monoisotopic (exact) mass is 387 g/mol. The van der Waals surface area contributed by atoms with Crippen molar-refractivity contribution in [2.75, 3.05) is 6.54 Å². The summed E-state index contributed by atoms with van der Waals surface area (Å²) in [4.78, 5) is 24.1. The van der Waals surface area contributed by atoms with Crippen LogP contribution in [0, 0.1) is 5.82 Å². The molecule has 0 bridgehead atoms. The molecule has 0 spiro atoms. The van der Waals surface area contributed by atoms with E-state index in [2.05, 4.69) is 11.4 Å². The zero-order valence-corrected chi connectivity index (χ0v) is 15.4. The fourth-order valence-electron chi connectivity index (χ4n) is 2.58. The van der Waals surface area contributed by atoms with E-state index >= 15 is 0 Å². The highest BCUT2D eigenvalue weighted by atomic mass is 35.5.